The molecule has 0 radical (unpaired) electrons. The van der Waals surface area contributed by atoms with Crippen molar-refractivity contribution in [1.29, 1.82) is 0 Å². The molecule has 1 fully saturated rings. The van der Waals surface area contributed by atoms with Gasteiger partial charge >= 0.3 is 0 Å². The Labute approximate surface area is 104 Å². The van der Waals surface area contributed by atoms with E-state index in [1.54, 1.807) is 24.3 Å². The normalized spacial score (nSPS) is 22.3. The van der Waals surface area contributed by atoms with Crippen LogP contribution in [0.3, 0.4) is 0 Å². The quantitative estimate of drug-likeness (QED) is 0.773. The Balaban J connectivity index is 1.82. The molecule has 5 heteroatoms. The summed E-state index contributed by atoms with van der Waals surface area (Å²) in [6.45, 7) is 0.262. The van der Waals surface area contributed by atoms with Crippen LogP contribution in [-0.2, 0) is 4.79 Å². The Hall–Kier alpha value is -2.17. The summed E-state index contributed by atoms with van der Waals surface area (Å²) < 4.78 is 0. The molecule has 1 aromatic rings. The SMILES string of the molecule is O=C1CC[C@@H](CN2C(=O)c3ccccc3C2=O)N1. The Kier molecular flexibility index (Phi) is 2.40. The van der Waals surface area contributed by atoms with Crippen LogP contribution in [0.5, 0.6) is 0 Å². The first-order valence-corrected chi connectivity index (χ1v) is 5.91. The zero-order chi connectivity index (χ0) is 12.7. The Bertz CT molecular complexity index is 518. The molecular formula is C13H12N2O3. The number of carbonyl (C=O) groups is 3. The average Bonchev–Trinajstić information content (AvgIpc) is 2.88. The van der Waals surface area contributed by atoms with Crippen LogP contribution in [0.15, 0.2) is 24.3 Å². The second-order valence-electron chi connectivity index (χ2n) is 4.57. The Morgan fingerprint density at radius 2 is 1.72 bits per heavy atom. The maximum absolute atomic E-state index is 12.1. The number of nitrogens with zero attached hydrogens (tertiary/aromatic N) is 1. The molecule has 5 nitrogen and oxygen atoms in total. The molecule has 1 atom stereocenters. The molecule has 1 aromatic carbocycles. The van der Waals surface area contributed by atoms with Gasteiger partial charge in [-0.25, -0.2) is 0 Å². The molecule has 0 bridgehead atoms. The van der Waals surface area contributed by atoms with Gasteiger partial charge in [0.25, 0.3) is 11.8 Å². The lowest BCUT2D eigenvalue weighted by molar-refractivity contribution is -0.119. The fourth-order valence-corrected chi connectivity index (χ4v) is 2.44. The fraction of sp³-hybridized carbons (Fsp3) is 0.308. The highest BCUT2D eigenvalue weighted by Crippen LogP contribution is 2.23. The molecule has 0 aliphatic carbocycles. The summed E-state index contributed by atoms with van der Waals surface area (Å²) >= 11 is 0. The van der Waals surface area contributed by atoms with Crippen LogP contribution in [0, 0.1) is 0 Å². The Morgan fingerprint density at radius 1 is 1.11 bits per heavy atom. The number of hydrogen-bond donors (Lipinski definition) is 1. The second kappa shape index (κ2) is 3.94. The van der Waals surface area contributed by atoms with Gasteiger partial charge < -0.3 is 5.32 Å². The zero-order valence-electron chi connectivity index (χ0n) is 9.68. The lowest BCUT2D eigenvalue weighted by atomic mass is 10.1. The van der Waals surface area contributed by atoms with E-state index in [9.17, 15) is 14.4 Å². The Morgan fingerprint density at radius 3 is 2.22 bits per heavy atom. The molecule has 0 aromatic heterocycles. The van der Waals surface area contributed by atoms with Crippen LogP contribution in [-0.4, -0.2) is 35.2 Å². The average molecular weight is 244 g/mol. The van der Waals surface area contributed by atoms with Crippen molar-refractivity contribution >= 4 is 17.7 Å². The van der Waals surface area contributed by atoms with Gasteiger partial charge in [0.05, 0.1) is 11.1 Å². The molecule has 2 heterocycles. The van der Waals surface area contributed by atoms with Gasteiger partial charge in [-0.1, -0.05) is 12.1 Å². The molecule has 0 saturated carbocycles. The van der Waals surface area contributed by atoms with E-state index >= 15 is 0 Å². The van der Waals surface area contributed by atoms with Crippen molar-refractivity contribution in [2.75, 3.05) is 6.54 Å². The van der Waals surface area contributed by atoms with E-state index in [1.165, 1.54) is 4.90 Å². The third-order valence-corrected chi connectivity index (χ3v) is 3.37. The highest BCUT2D eigenvalue weighted by Gasteiger charge is 2.37. The van der Waals surface area contributed by atoms with Gasteiger partial charge in [0.15, 0.2) is 0 Å². The molecule has 1 saturated heterocycles. The van der Waals surface area contributed by atoms with Gasteiger partial charge in [0.2, 0.25) is 5.91 Å². The monoisotopic (exact) mass is 244 g/mol. The summed E-state index contributed by atoms with van der Waals surface area (Å²) in [7, 11) is 0. The highest BCUT2D eigenvalue weighted by atomic mass is 16.2. The van der Waals surface area contributed by atoms with Crippen LogP contribution >= 0.6 is 0 Å². The lowest BCUT2D eigenvalue weighted by Crippen LogP contribution is -2.41. The number of nitrogens with one attached hydrogen (secondary N) is 1. The van der Waals surface area contributed by atoms with Crippen LogP contribution in [0.1, 0.15) is 33.6 Å². The van der Waals surface area contributed by atoms with E-state index in [2.05, 4.69) is 5.32 Å². The molecule has 0 spiro atoms. The maximum Gasteiger partial charge on any atom is 0.261 e. The van der Waals surface area contributed by atoms with Gasteiger partial charge in [-0.05, 0) is 18.6 Å². The topological polar surface area (TPSA) is 66.5 Å². The lowest BCUT2D eigenvalue weighted by Gasteiger charge is -2.18. The summed E-state index contributed by atoms with van der Waals surface area (Å²) in [6.07, 6.45) is 1.14. The van der Waals surface area contributed by atoms with E-state index in [-0.39, 0.29) is 30.3 Å². The van der Waals surface area contributed by atoms with Crippen LogP contribution < -0.4 is 5.32 Å². The number of rotatable bonds is 2. The van der Waals surface area contributed by atoms with Crippen LogP contribution in [0.4, 0.5) is 0 Å². The molecule has 92 valence electrons. The molecule has 3 amide bonds. The van der Waals surface area contributed by atoms with E-state index in [1.807, 2.05) is 0 Å². The third-order valence-electron chi connectivity index (χ3n) is 3.37. The summed E-state index contributed by atoms with van der Waals surface area (Å²) in [5.74, 6) is -0.551. The van der Waals surface area contributed by atoms with E-state index in [0.717, 1.165) is 0 Å². The molecular weight excluding hydrogens is 232 g/mol. The van der Waals surface area contributed by atoms with E-state index in [4.69, 9.17) is 0 Å². The van der Waals surface area contributed by atoms with Crippen molar-refractivity contribution in [3.63, 3.8) is 0 Å². The summed E-state index contributed by atoms with van der Waals surface area (Å²) in [4.78, 5) is 36.5. The van der Waals surface area contributed by atoms with E-state index in [0.29, 0.717) is 24.0 Å². The van der Waals surface area contributed by atoms with Crippen molar-refractivity contribution in [2.45, 2.75) is 18.9 Å². The largest absolute Gasteiger partial charge is 0.352 e. The molecule has 18 heavy (non-hydrogen) atoms. The van der Waals surface area contributed by atoms with Crippen molar-refractivity contribution in [1.82, 2.24) is 10.2 Å². The minimum atomic E-state index is -0.267. The number of benzene rings is 1. The first-order valence-electron chi connectivity index (χ1n) is 5.91. The maximum atomic E-state index is 12.1. The minimum Gasteiger partial charge on any atom is -0.352 e. The van der Waals surface area contributed by atoms with Gasteiger partial charge in [0, 0.05) is 19.0 Å². The van der Waals surface area contributed by atoms with Crippen LogP contribution in [0.25, 0.3) is 0 Å². The first-order chi connectivity index (χ1) is 8.66. The van der Waals surface area contributed by atoms with Gasteiger partial charge in [-0.3, -0.25) is 19.3 Å². The number of hydrogen-bond acceptors (Lipinski definition) is 3. The standard InChI is InChI=1S/C13H12N2O3/c16-11-6-5-8(14-11)7-15-12(17)9-3-1-2-4-10(9)13(15)18/h1-4,8H,5-7H2,(H,14,16)/t8-/m0/s1. The first kappa shape index (κ1) is 11.0. The van der Waals surface area contributed by atoms with Crippen molar-refractivity contribution in [3.8, 4) is 0 Å². The fourth-order valence-electron chi connectivity index (χ4n) is 2.44. The number of fused-ring (bicyclic) bond motifs is 1. The van der Waals surface area contributed by atoms with Gasteiger partial charge in [0.1, 0.15) is 0 Å². The number of amides is 3. The predicted octanol–water partition coefficient (Wildman–Crippen LogP) is 0.561. The van der Waals surface area contributed by atoms with Gasteiger partial charge in [-0.15, -0.1) is 0 Å². The molecule has 1 N–H and O–H groups in total. The number of imide groups is 1. The van der Waals surface area contributed by atoms with Gasteiger partial charge in [-0.2, -0.15) is 0 Å². The number of carbonyl (C=O) groups excluding carboxylic acids is 3. The molecule has 0 unspecified atom stereocenters. The van der Waals surface area contributed by atoms with Crippen molar-refractivity contribution in [2.24, 2.45) is 0 Å². The summed E-state index contributed by atoms with van der Waals surface area (Å²) in [5, 5.41) is 2.76. The third kappa shape index (κ3) is 1.59. The van der Waals surface area contributed by atoms with Crippen molar-refractivity contribution < 1.29 is 14.4 Å². The zero-order valence-corrected chi connectivity index (χ0v) is 9.68. The minimum absolute atomic E-state index is 0.0170. The summed E-state index contributed by atoms with van der Waals surface area (Å²) in [5.41, 5.74) is 0.902. The highest BCUT2D eigenvalue weighted by molar-refractivity contribution is 6.21. The predicted molar refractivity (Wildman–Crippen MR) is 63.0 cm³/mol. The second-order valence-corrected chi connectivity index (χ2v) is 4.57. The van der Waals surface area contributed by atoms with Crippen LogP contribution in [0.2, 0.25) is 0 Å². The van der Waals surface area contributed by atoms with Crippen molar-refractivity contribution in [3.05, 3.63) is 35.4 Å². The molecule has 2 aliphatic rings. The molecule has 3 rings (SSSR count). The summed E-state index contributed by atoms with van der Waals surface area (Å²) in [6, 6.07) is 6.68. The smallest absolute Gasteiger partial charge is 0.261 e. The van der Waals surface area contributed by atoms with E-state index < -0.39 is 0 Å². The molecule has 2 aliphatic heterocycles.